The van der Waals surface area contributed by atoms with Gasteiger partial charge in [-0.3, -0.25) is 14.4 Å². The molecule has 0 aliphatic heterocycles. The van der Waals surface area contributed by atoms with Crippen molar-refractivity contribution in [1.82, 2.24) is 5.06 Å². The van der Waals surface area contributed by atoms with E-state index < -0.39 is 11.7 Å². The van der Waals surface area contributed by atoms with Crippen molar-refractivity contribution in [2.24, 2.45) is 0 Å². The lowest BCUT2D eigenvalue weighted by molar-refractivity contribution is -0.114. The molecule has 0 unspecified atom stereocenters. The first-order chi connectivity index (χ1) is 7.95. The molecule has 0 aliphatic carbocycles. The van der Waals surface area contributed by atoms with Crippen LogP contribution in [0.4, 0.5) is 10.1 Å². The Hall–Kier alpha value is -1.95. The summed E-state index contributed by atoms with van der Waals surface area (Å²) >= 11 is 0. The summed E-state index contributed by atoms with van der Waals surface area (Å²) in [6.45, 7) is 1.33. The molecule has 1 aromatic rings. The maximum atomic E-state index is 13.4. The Morgan fingerprint density at radius 1 is 1.41 bits per heavy atom. The van der Waals surface area contributed by atoms with Gasteiger partial charge in [0.15, 0.2) is 0 Å². The fraction of sp³-hybridized carbons (Fsp3) is 0.273. The Balaban J connectivity index is 3.06. The van der Waals surface area contributed by atoms with Crippen molar-refractivity contribution >= 4 is 17.5 Å². The molecule has 0 bridgehead atoms. The van der Waals surface area contributed by atoms with Crippen molar-refractivity contribution in [3.8, 4) is 0 Å². The molecule has 1 aromatic carbocycles. The molecule has 0 atom stereocenters. The van der Waals surface area contributed by atoms with Gasteiger partial charge < -0.3 is 5.32 Å². The lowest BCUT2D eigenvalue weighted by atomic mass is 10.1. The lowest BCUT2D eigenvalue weighted by Crippen LogP contribution is -2.26. The van der Waals surface area contributed by atoms with E-state index in [9.17, 15) is 14.0 Å². The van der Waals surface area contributed by atoms with E-state index in [0.717, 1.165) is 11.1 Å². The Morgan fingerprint density at radius 2 is 2.06 bits per heavy atom. The zero-order valence-corrected chi connectivity index (χ0v) is 9.78. The van der Waals surface area contributed by atoms with Gasteiger partial charge in [0.05, 0.1) is 12.7 Å². The number of halogens is 1. The van der Waals surface area contributed by atoms with E-state index in [1.807, 2.05) is 0 Å². The number of hydroxylamine groups is 2. The Labute approximate surface area is 98.1 Å². The molecular weight excluding hydrogens is 227 g/mol. The number of anilines is 1. The van der Waals surface area contributed by atoms with Gasteiger partial charge in [0.1, 0.15) is 5.82 Å². The van der Waals surface area contributed by atoms with E-state index in [1.165, 1.54) is 33.2 Å². The number of carbonyl (C=O) groups is 2. The monoisotopic (exact) mass is 240 g/mol. The standard InChI is InChI=1S/C11H13FN2O3/c1-7(15)13-8-4-5-10(12)9(6-8)11(16)14(2)17-3/h4-6H,1-3H3,(H,13,15). The first-order valence-electron chi connectivity index (χ1n) is 4.85. The third-order valence-corrected chi connectivity index (χ3v) is 2.08. The van der Waals surface area contributed by atoms with Crippen molar-refractivity contribution in [2.75, 3.05) is 19.5 Å². The van der Waals surface area contributed by atoms with Gasteiger partial charge in [0, 0.05) is 19.7 Å². The highest BCUT2D eigenvalue weighted by Crippen LogP contribution is 2.16. The molecule has 1 rings (SSSR count). The SMILES string of the molecule is CON(C)C(=O)c1cc(NC(C)=O)ccc1F. The number of amides is 2. The highest BCUT2D eigenvalue weighted by atomic mass is 19.1. The Bertz CT molecular complexity index is 448. The summed E-state index contributed by atoms with van der Waals surface area (Å²) in [7, 11) is 2.67. The van der Waals surface area contributed by atoms with E-state index in [0.29, 0.717) is 5.69 Å². The summed E-state index contributed by atoms with van der Waals surface area (Å²) in [4.78, 5) is 27.2. The second kappa shape index (κ2) is 5.40. The van der Waals surface area contributed by atoms with Crippen LogP contribution >= 0.6 is 0 Å². The molecule has 0 saturated heterocycles. The van der Waals surface area contributed by atoms with Crippen LogP contribution in [0.2, 0.25) is 0 Å². The Morgan fingerprint density at radius 3 is 2.59 bits per heavy atom. The van der Waals surface area contributed by atoms with Crippen LogP contribution < -0.4 is 5.32 Å². The zero-order valence-electron chi connectivity index (χ0n) is 9.78. The zero-order chi connectivity index (χ0) is 13.0. The molecule has 2 amide bonds. The molecule has 6 heteroatoms. The van der Waals surface area contributed by atoms with E-state index in [4.69, 9.17) is 0 Å². The van der Waals surface area contributed by atoms with Gasteiger partial charge in [0.2, 0.25) is 5.91 Å². The van der Waals surface area contributed by atoms with Crippen molar-refractivity contribution in [2.45, 2.75) is 6.92 Å². The van der Waals surface area contributed by atoms with Gasteiger partial charge in [-0.05, 0) is 18.2 Å². The van der Waals surface area contributed by atoms with Gasteiger partial charge in [-0.25, -0.2) is 9.45 Å². The number of benzene rings is 1. The third-order valence-electron chi connectivity index (χ3n) is 2.08. The number of rotatable bonds is 3. The van der Waals surface area contributed by atoms with Gasteiger partial charge in [-0.15, -0.1) is 0 Å². The second-order valence-corrected chi connectivity index (χ2v) is 3.36. The van der Waals surface area contributed by atoms with Crippen molar-refractivity contribution in [3.63, 3.8) is 0 Å². The minimum Gasteiger partial charge on any atom is -0.326 e. The largest absolute Gasteiger partial charge is 0.326 e. The minimum atomic E-state index is -0.673. The van der Waals surface area contributed by atoms with Crippen LogP contribution in [0.1, 0.15) is 17.3 Å². The molecule has 92 valence electrons. The quantitative estimate of drug-likeness (QED) is 0.813. The summed E-state index contributed by atoms with van der Waals surface area (Å²) in [6.07, 6.45) is 0. The lowest BCUT2D eigenvalue weighted by Gasteiger charge is -2.14. The van der Waals surface area contributed by atoms with Crippen LogP contribution in [0.25, 0.3) is 0 Å². The van der Waals surface area contributed by atoms with Crippen LogP contribution in [-0.4, -0.2) is 31.0 Å². The number of carbonyl (C=O) groups excluding carboxylic acids is 2. The van der Waals surface area contributed by atoms with Crippen LogP contribution in [-0.2, 0) is 9.63 Å². The first kappa shape index (κ1) is 13.1. The third kappa shape index (κ3) is 3.25. The van der Waals surface area contributed by atoms with Crippen LogP contribution in [0, 0.1) is 5.82 Å². The molecule has 0 heterocycles. The van der Waals surface area contributed by atoms with Crippen molar-refractivity contribution in [3.05, 3.63) is 29.6 Å². The van der Waals surface area contributed by atoms with Crippen LogP contribution in [0.15, 0.2) is 18.2 Å². The van der Waals surface area contributed by atoms with E-state index in [2.05, 4.69) is 10.2 Å². The smallest absolute Gasteiger partial charge is 0.280 e. The van der Waals surface area contributed by atoms with E-state index in [1.54, 1.807) is 0 Å². The van der Waals surface area contributed by atoms with E-state index in [-0.39, 0.29) is 11.5 Å². The average Bonchev–Trinajstić information content (AvgIpc) is 2.29. The topological polar surface area (TPSA) is 58.6 Å². The summed E-state index contributed by atoms with van der Waals surface area (Å²) in [5, 5.41) is 3.37. The molecule has 0 aromatic heterocycles. The predicted molar refractivity (Wildman–Crippen MR) is 59.8 cm³/mol. The molecule has 5 nitrogen and oxygen atoms in total. The maximum absolute atomic E-state index is 13.4. The van der Waals surface area contributed by atoms with Gasteiger partial charge in [-0.2, -0.15) is 0 Å². The van der Waals surface area contributed by atoms with Crippen LogP contribution in [0.3, 0.4) is 0 Å². The number of hydrogen-bond acceptors (Lipinski definition) is 3. The molecule has 0 fully saturated rings. The fourth-order valence-electron chi connectivity index (χ4n) is 1.22. The number of nitrogens with one attached hydrogen (secondary N) is 1. The van der Waals surface area contributed by atoms with Gasteiger partial charge >= 0.3 is 0 Å². The summed E-state index contributed by atoms with van der Waals surface area (Å²) in [6, 6.07) is 3.75. The minimum absolute atomic E-state index is 0.166. The molecule has 0 spiro atoms. The molecule has 0 radical (unpaired) electrons. The van der Waals surface area contributed by atoms with Gasteiger partial charge in [-0.1, -0.05) is 0 Å². The van der Waals surface area contributed by atoms with Crippen LogP contribution in [0.5, 0.6) is 0 Å². The van der Waals surface area contributed by atoms with Crippen molar-refractivity contribution in [1.29, 1.82) is 0 Å². The maximum Gasteiger partial charge on any atom is 0.280 e. The highest BCUT2D eigenvalue weighted by molar-refractivity contribution is 5.96. The average molecular weight is 240 g/mol. The Kier molecular flexibility index (Phi) is 4.17. The summed E-state index contributed by atoms with van der Waals surface area (Å²) in [5.74, 6) is -1.60. The molecule has 1 N–H and O–H groups in total. The second-order valence-electron chi connectivity index (χ2n) is 3.36. The normalized spacial score (nSPS) is 9.88. The fourth-order valence-corrected chi connectivity index (χ4v) is 1.22. The summed E-state index contributed by atoms with van der Waals surface area (Å²) < 4.78 is 13.4. The molecule has 0 aliphatic rings. The summed E-state index contributed by atoms with van der Waals surface area (Å²) in [5.41, 5.74) is 0.187. The highest BCUT2D eigenvalue weighted by Gasteiger charge is 2.16. The molecule has 17 heavy (non-hydrogen) atoms. The van der Waals surface area contributed by atoms with Gasteiger partial charge in [0.25, 0.3) is 5.91 Å². The first-order valence-corrected chi connectivity index (χ1v) is 4.85. The van der Waals surface area contributed by atoms with E-state index >= 15 is 0 Å². The predicted octanol–water partition coefficient (Wildman–Crippen LogP) is 1.42. The number of hydrogen-bond donors (Lipinski definition) is 1. The number of nitrogens with zero attached hydrogens (tertiary/aromatic N) is 1. The molecular formula is C11H13FN2O3. The molecule has 0 saturated carbocycles. The van der Waals surface area contributed by atoms with Crippen molar-refractivity contribution < 1.29 is 18.8 Å².